The number of hydrogen-bond donors (Lipinski definition) is 0. The standard InChI is InChI=1S/C15H30S/c1-4-7-8-9-10-11-13-15(12-5-2)16-14-6-3/h4,7,15H,5-6,8-14H2,1-3H3/b7-4+. The van der Waals surface area contributed by atoms with E-state index in [0.29, 0.717) is 0 Å². The van der Waals surface area contributed by atoms with E-state index in [-0.39, 0.29) is 0 Å². The molecule has 0 radical (unpaired) electrons. The summed E-state index contributed by atoms with van der Waals surface area (Å²) in [6.45, 7) is 6.71. The molecule has 1 heteroatoms. The van der Waals surface area contributed by atoms with Crippen molar-refractivity contribution in [2.75, 3.05) is 5.75 Å². The third-order valence-electron chi connectivity index (χ3n) is 2.80. The van der Waals surface area contributed by atoms with Gasteiger partial charge in [0.1, 0.15) is 0 Å². The second-order valence-corrected chi connectivity index (χ2v) is 5.90. The summed E-state index contributed by atoms with van der Waals surface area (Å²) in [6.07, 6.45) is 15.5. The largest absolute Gasteiger partial charge is 0.159 e. The fourth-order valence-corrected chi connectivity index (χ4v) is 3.20. The van der Waals surface area contributed by atoms with Crippen molar-refractivity contribution in [2.45, 2.75) is 77.4 Å². The molecule has 0 saturated heterocycles. The number of unbranched alkanes of at least 4 members (excludes halogenated alkanes) is 3. The summed E-state index contributed by atoms with van der Waals surface area (Å²) in [5, 5.41) is 0.937. The molecule has 1 unspecified atom stereocenters. The monoisotopic (exact) mass is 242 g/mol. The van der Waals surface area contributed by atoms with Crippen LogP contribution in [0.15, 0.2) is 12.2 Å². The Bertz CT molecular complexity index is 152. The van der Waals surface area contributed by atoms with Crippen LogP contribution in [-0.2, 0) is 0 Å². The molecule has 0 bridgehead atoms. The lowest BCUT2D eigenvalue weighted by Crippen LogP contribution is -2.03. The first-order chi connectivity index (χ1) is 7.85. The molecule has 16 heavy (non-hydrogen) atoms. The molecular weight excluding hydrogens is 212 g/mol. The van der Waals surface area contributed by atoms with Crippen molar-refractivity contribution in [1.82, 2.24) is 0 Å². The maximum absolute atomic E-state index is 2.31. The summed E-state index contributed by atoms with van der Waals surface area (Å²) >= 11 is 2.20. The van der Waals surface area contributed by atoms with Gasteiger partial charge in [0.2, 0.25) is 0 Å². The average molecular weight is 242 g/mol. The lowest BCUT2D eigenvalue weighted by atomic mass is 10.1. The summed E-state index contributed by atoms with van der Waals surface area (Å²) in [5.74, 6) is 1.35. The molecule has 0 spiro atoms. The van der Waals surface area contributed by atoms with E-state index in [0.717, 1.165) is 5.25 Å². The maximum Gasteiger partial charge on any atom is 0.00469 e. The minimum Gasteiger partial charge on any atom is -0.159 e. The van der Waals surface area contributed by atoms with Crippen LogP contribution in [0.5, 0.6) is 0 Å². The highest BCUT2D eigenvalue weighted by Gasteiger charge is 2.06. The van der Waals surface area contributed by atoms with Crippen LogP contribution in [0, 0.1) is 0 Å². The molecule has 1 atom stereocenters. The molecule has 0 saturated carbocycles. The smallest absolute Gasteiger partial charge is 0.00469 e. The van der Waals surface area contributed by atoms with Crippen LogP contribution in [-0.4, -0.2) is 11.0 Å². The third kappa shape index (κ3) is 10.6. The summed E-state index contributed by atoms with van der Waals surface area (Å²) in [5.41, 5.74) is 0. The zero-order chi connectivity index (χ0) is 12.1. The van der Waals surface area contributed by atoms with Gasteiger partial charge in [0.05, 0.1) is 0 Å². The van der Waals surface area contributed by atoms with Crippen LogP contribution in [0.1, 0.15) is 72.1 Å². The number of allylic oxidation sites excluding steroid dienone is 2. The van der Waals surface area contributed by atoms with E-state index in [1.165, 1.54) is 57.1 Å². The van der Waals surface area contributed by atoms with Gasteiger partial charge in [0.25, 0.3) is 0 Å². The van der Waals surface area contributed by atoms with Crippen LogP contribution in [0.2, 0.25) is 0 Å². The second kappa shape index (κ2) is 13.2. The van der Waals surface area contributed by atoms with E-state index in [4.69, 9.17) is 0 Å². The molecular formula is C15H30S. The van der Waals surface area contributed by atoms with Crippen molar-refractivity contribution >= 4 is 11.8 Å². The summed E-state index contributed by atoms with van der Waals surface area (Å²) in [4.78, 5) is 0. The van der Waals surface area contributed by atoms with Gasteiger partial charge in [-0.15, -0.1) is 0 Å². The normalized spacial score (nSPS) is 13.4. The van der Waals surface area contributed by atoms with Crippen LogP contribution < -0.4 is 0 Å². The minimum atomic E-state index is 0.937. The molecule has 0 aliphatic heterocycles. The zero-order valence-electron chi connectivity index (χ0n) is 11.5. The van der Waals surface area contributed by atoms with Gasteiger partial charge in [-0.2, -0.15) is 11.8 Å². The van der Waals surface area contributed by atoms with Crippen molar-refractivity contribution < 1.29 is 0 Å². The quantitative estimate of drug-likeness (QED) is 0.325. The van der Waals surface area contributed by atoms with Crippen LogP contribution in [0.3, 0.4) is 0 Å². The van der Waals surface area contributed by atoms with Crippen molar-refractivity contribution in [3.8, 4) is 0 Å². The SMILES string of the molecule is C/C=C/CCCCCC(CCC)SCCC. The highest BCUT2D eigenvalue weighted by molar-refractivity contribution is 7.99. The van der Waals surface area contributed by atoms with Crippen molar-refractivity contribution in [3.05, 3.63) is 12.2 Å². The first kappa shape index (κ1) is 16.1. The Kier molecular flexibility index (Phi) is 13.2. The summed E-state index contributed by atoms with van der Waals surface area (Å²) < 4.78 is 0. The molecule has 0 nitrogen and oxygen atoms in total. The number of thioether (sulfide) groups is 1. The molecule has 0 amide bonds. The Morgan fingerprint density at radius 1 is 1.00 bits per heavy atom. The second-order valence-electron chi connectivity index (χ2n) is 4.49. The highest BCUT2D eigenvalue weighted by atomic mass is 32.2. The van der Waals surface area contributed by atoms with Gasteiger partial charge in [0, 0.05) is 5.25 Å². The van der Waals surface area contributed by atoms with Gasteiger partial charge in [-0.05, 0) is 44.8 Å². The van der Waals surface area contributed by atoms with E-state index < -0.39 is 0 Å². The number of hydrogen-bond acceptors (Lipinski definition) is 1. The molecule has 0 aromatic rings. The molecule has 0 aliphatic rings. The van der Waals surface area contributed by atoms with Crippen LogP contribution >= 0.6 is 11.8 Å². The van der Waals surface area contributed by atoms with E-state index in [9.17, 15) is 0 Å². The van der Waals surface area contributed by atoms with Gasteiger partial charge >= 0.3 is 0 Å². The molecule has 0 aliphatic carbocycles. The van der Waals surface area contributed by atoms with Crippen LogP contribution in [0.25, 0.3) is 0 Å². The minimum absolute atomic E-state index is 0.937. The Morgan fingerprint density at radius 2 is 1.81 bits per heavy atom. The molecule has 96 valence electrons. The van der Waals surface area contributed by atoms with Crippen molar-refractivity contribution in [1.29, 1.82) is 0 Å². The molecule has 0 fully saturated rings. The van der Waals surface area contributed by atoms with Gasteiger partial charge in [-0.3, -0.25) is 0 Å². The molecule has 0 heterocycles. The third-order valence-corrected chi connectivity index (χ3v) is 4.39. The topological polar surface area (TPSA) is 0 Å². The molecule has 0 aromatic heterocycles. The Balaban J connectivity index is 3.43. The summed E-state index contributed by atoms with van der Waals surface area (Å²) in [6, 6.07) is 0. The van der Waals surface area contributed by atoms with Crippen LogP contribution in [0.4, 0.5) is 0 Å². The molecule has 0 aromatic carbocycles. The molecule has 0 N–H and O–H groups in total. The average Bonchev–Trinajstić information content (AvgIpc) is 2.30. The van der Waals surface area contributed by atoms with E-state index in [2.05, 4.69) is 44.7 Å². The highest BCUT2D eigenvalue weighted by Crippen LogP contribution is 2.23. The predicted molar refractivity (Wildman–Crippen MR) is 79.3 cm³/mol. The van der Waals surface area contributed by atoms with E-state index >= 15 is 0 Å². The number of rotatable bonds is 11. The Hall–Kier alpha value is 0.0900. The van der Waals surface area contributed by atoms with Gasteiger partial charge in [-0.1, -0.05) is 45.3 Å². The lowest BCUT2D eigenvalue weighted by molar-refractivity contribution is 0.603. The predicted octanol–water partition coefficient (Wildman–Crippen LogP) is 5.82. The maximum atomic E-state index is 2.31. The van der Waals surface area contributed by atoms with Crippen molar-refractivity contribution in [2.24, 2.45) is 0 Å². The Morgan fingerprint density at radius 3 is 2.44 bits per heavy atom. The first-order valence-corrected chi connectivity index (χ1v) is 8.12. The summed E-state index contributed by atoms with van der Waals surface area (Å²) in [7, 11) is 0. The fraction of sp³-hybridized carbons (Fsp3) is 0.867. The van der Waals surface area contributed by atoms with Gasteiger partial charge < -0.3 is 0 Å². The van der Waals surface area contributed by atoms with E-state index in [1.54, 1.807) is 0 Å². The van der Waals surface area contributed by atoms with Gasteiger partial charge in [-0.25, -0.2) is 0 Å². The Labute approximate surface area is 107 Å². The zero-order valence-corrected chi connectivity index (χ0v) is 12.3. The first-order valence-electron chi connectivity index (χ1n) is 7.07. The van der Waals surface area contributed by atoms with E-state index in [1.807, 2.05) is 0 Å². The fourth-order valence-electron chi connectivity index (χ4n) is 1.90. The van der Waals surface area contributed by atoms with Gasteiger partial charge in [0.15, 0.2) is 0 Å². The lowest BCUT2D eigenvalue weighted by Gasteiger charge is -2.14. The molecule has 0 rings (SSSR count). The van der Waals surface area contributed by atoms with Crippen molar-refractivity contribution in [3.63, 3.8) is 0 Å².